The lowest BCUT2D eigenvalue weighted by atomic mass is 10.0. The van der Waals surface area contributed by atoms with Crippen molar-refractivity contribution in [2.24, 2.45) is 4.99 Å². The molecule has 2 heterocycles. The topological polar surface area (TPSA) is 102 Å². The van der Waals surface area contributed by atoms with Gasteiger partial charge in [-0.1, -0.05) is 17.7 Å². The van der Waals surface area contributed by atoms with Gasteiger partial charge in [0.2, 0.25) is 0 Å². The van der Waals surface area contributed by atoms with Crippen LogP contribution in [0.1, 0.15) is 24.1 Å². The van der Waals surface area contributed by atoms with E-state index in [4.69, 9.17) is 32.1 Å². The largest absolute Gasteiger partial charge is 0.469 e. The highest BCUT2D eigenvalue weighted by atomic mass is 35.5. The number of aliphatic imine (C=N–C) groups is 1. The molecule has 0 spiro atoms. The number of carbonyl (C=O) groups excluding carboxylic acids is 1. The number of nitrogens with zero attached hydrogens (tertiary/aromatic N) is 3. The lowest BCUT2D eigenvalue weighted by molar-refractivity contribution is -0.140. The molecule has 1 aromatic carbocycles. The van der Waals surface area contributed by atoms with Crippen molar-refractivity contribution in [3.05, 3.63) is 58.9 Å². The van der Waals surface area contributed by atoms with Crippen LogP contribution in [0.2, 0.25) is 5.02 Å². The van der Waals surface area contributed by atoms with E-state index >= 15 is 0 Å². The minimum atomic E-state index is -0.631. The minimum absolute atomic E-state index is 0.100. The Bertz CT molecular complexity index is 914. The predicted molar refractivity (Wildman–Crippen MR) is 105 cm³/mol. The first-order chi connectivity index (χ1) is 13.0. The molecule has 0 amide bonds. The zero-order chi connectivity index (χ0) is 19.4. The Labute approximate surface area is 161 Å². The molecule has 27 heavy (non-hydrogen) atoms. The summed E-state index contributed by atoms with van der Waals surface area (Å²) < 4.78 is 4.70. The van der Waals surface area contributed by atoms with E-state index in [0.29, 0.717) is 27.7 Å². The number of anilines is 1. The number of rotatable bonds is 5. The lowest BCUT2D eigenvalue weighted by Gasteiger charge is -2.22. The van der Waals surface area contributed by atoms with Gasteiger partial charge >= 0.3 is 5.97 Å². The van der Waals surface area contributed by atoms with Crippen LogP contribution in [0.4, 0.5) is 5.69 Å². The fraction of sp³-hybridized carbons (Fsp3) is 0.211. The maximum Gasteiger partial charge on any atom is 0.305 e. The van der Waals surface area contributed by atoms with Crippen molar-refractivity contribution in [2.75, 3.05) is 12.0 Å². The summed E-state index contributed by atoms with van der Waals surface area (Å²) in [7, 11) is 1.32. The molecule has 0 saturated heterocycles. The SMILES string of the molecule is COC(=O)CC[C@@H]1N=C(c2ccccn2)c2cc(Cl)ccc2N(C=N)C1=N. The Morgan fingerprint density at radius 1 is 1.37 bits per heavy atom. The Morgan fingerprint density at radius 3 is 2.85 bits per heavy atom. The van der Waals surface area contributed by atoms with Gasteiger partial charge in [-0.05, 0) is 36.8 Å². The van der Waals surface area contributed by atoms with Crippen molar-refractivity contribution in [1.82, 2.24) is 4.98 Å². The molecule has 0 aliphatic carbocycles. The van der Waals surface area contributed by atoms with Crippen LogP contribution in [0.3, 0.4) is 0 Å². The van der Waals surface area contributed by atoms with Gasteiger partial charge in [0.05, 0.1) is 30.5 Å². The number of benzene rings is 1. The monoisotopic (exact) mass is 383 g/mol. The molecule has 1 aromatic heterocycles. The molecular formula is C19H18ClN5O2. The first-order valence-electron chi connectivity index (χ1n) is 8.29. The van der Waals surface area contributed by atoms with Gasteiger partial charge in [0.15, 0.2) is 0 Å². The van der Waals surface area contributed by atoms with Gasteiger partial charge in [0.1, 0.15) is 11.9 Å². The van der Waals surface area contributed by atoms with Crippen LogP contribution in [-0.2, 0) is 9.53 Å². The second-order valence-electron chi connectivity index (χ2n) is 5.87. The molecule has 0 radical (unpaired) electrons. The summed E-state index contributed by atoms with van der Waals surface area (Å²) in [4.78, 5) is 22.1. The number of ether oxygens (including phenoxy) is 1. The highest BCUT2D eigenvalue weighted by Gasteiger charge is 2.29. The predicted octanol–water partition coefficient (Wildman–Crippen LogP) is 3.30. The molecule has 2 aromatic rings. The normalized spacial score (nSPS) is 16.2. The number of halogens is 1. The Kier molecular flexibility index (Phi) is 5.61. The van der Waals surface area contributed by atoms with Crippen LogP contribution in [0, 0.1) is 10.8 Å². The number of methoxy groups -OCH3 is 1. The van der Waals surface area contributed by atoms with E-state index in [1.807, 2.05) is 12.1 Å². The zero-order valence-corrected chi connectivity index (χ0v) is 15.4. The number of esters is 1. The quantitative estimate of drug-likeness (QED) is 0.469. The number of amidine groups is 1. The fourth-order valence-corrected chi connectivity index (χ4v) is 3.06. The second-order valence-corrected chi connectivity index (χ2v) is 6.31. The standard InChI is InChI=1S/C19H18ClN5O2/c1-27-17(26)8-6-15-19(22)25(11-21)16-7-5-12(20)10-13(16)18(24-15)14-4-2-3-9-23-14/h2-5,7,9-11,15,21-22H,6,8H2,1H3/t15-/m0/s1. The second kappa shape index (κ2) is 8.09. The van der Waals surface area contributed by atoms with Gasteiger partial charge in [0.25, 0.3) is 0 Å². The van der Waals surface area contributed by atoms with E-state index in [1.165, 1.54) is 12.0 Å². The minimum Gasteiger partial charge on any atom is -0.469 e. The van der Waals surface area contributed by atoms with Crippen molar-refractivity contribution in [1.29, 1.82) is 10.8 Å². The molecule has 3 rings (SSSR count). The fourth-order valence-electron chi connectivity index (χ4n) is 2.89. The maximum atomic E-state index is 11.6. The van der Waals surface area contributed by atoms with Gasteiger partial charge in [-0.25, -0.2) is 0 Å². The summed E-state index contributed by atoms with van der Waals surface area (Å²) in [5.74, 6) is -0.271. The van der Waals surface area contributed by atoms with Crippen LogP contribution >= 0.6 is 11.6 Å². The molecule has 1 aliphatic heterocycles. The Morgan fingerprint density at radius 2 is 2.19 bits per heavy atom. The third-order valence-electron chi connectivity index (χ3n) is 4.22. The Balaban J connectivity index is 2.15. The smallest absolute Gasteiger partial charge is 0.305 e. The number of hydrogen-bond donors (Lipinski definition) is 2. The van der Waals surface area contributed by atoms with E-state index in [2.05, 4.69) is 4.98 Å². The molecule has 0 unspecified atom stereocenters. The van der Waals surface area contributed by atoms with Crippen LogP contribution in [0.15, 0.2) is 47.6 Å². The number of aromatic nitrogens is 1. The van der Waals surface area contributed by atoms with E-state index < -0.39 is 6.04 Å². The zero-order valence-electron chi connectivity index (χ0n) is 14.6. The van der Waals surface area contributed by atoms with Crippen molar-refractivity contribution in [3.63, 3.8) is 0 Å². The van der Waals surface area contributed by atoms with Crippen molar-refractivity contribution in [3.8, 4) is 0 Å². The van der Waals surface area contributed by atoms with Crippen LogP contribution in [-0.4, -0.2) is 42.0 Å². The third-order valence-corrected chi connectivity index (χ3v) is 4.45. The highest BCUT2D eigenvalue weighted by molar-refractivity contribution is 6.32. The van der Waals surface area contributed by atoms with Crippen molar-refractivity contribution < 1.29 is 9.53 Å². The third kappa shape index (κ3) is 3.88. The first kappa shape index (κ1) is 18.7. The molecule has 1 atom stereocenters. The summed E-state index contributed by atoms with van der Waals surface area (Å²) in [5.41, 5.74) is 2.49. The summed E-state index contributed by atoms with van der Waals surface area (Å²) in [6.45, 7) is 0. The number of fused-ring (bicyclic) bond motifs is 1. The number of benzodiazepines with no additional fused rings is 1. The Hall–Kier alpha value is -3.06. The summed E-state index contributed by atoms with van der Waals surface area (Å²) >= 11 is 6.20. The van der Waals surface area contributed by atoms with Gasteiger partial charge in [0, 0.05) is 23.2 Å². The van der Waals surface area contributed by atoms with Gasteiger partial charge < -0.3 is 4.74 Å². The average molecular weight is 384 g/mol. The van der Waals surface area contributed by atoms with Crippen LogP contribution < -0.4 is 4.90 Å². The molecule has 0 saturated carbocycles. The van der Waals surface area contributed by atoms with E-state index in [-0.39, 0.29) is 24.6 Å². The molecule has 2 N–H and O–H groups in total. The number of hydrogen-bond acceptors (Lipinski definition) is 6. The first-order valence-corrected chi connectivity index (χ1v) is 8.67. The molecular weight excluding hydrogens is 366 g/mol. The molecule has 138 valence electrons. The number of pyridine rings is 1. The summed E-state index contributed by atoms with van der Waals surface area (Å²) in [6, 6.07) is 10.0. The molecule has 0 bridgehead atoms. The van der Waals surface area contributed by atoms with E-state index in [0.717, 1.165) is 6.34 Å². The summed E-state index contributed by atoms with van der Waals surface area (Å²) in [5, 5.41) is 16.9. The molecule has 8 heteroatoms. The van der Waals surface area contributed by atoms with Gasteiger partial charge in [-0.3, -0.25) is 30.5 Å². The maximum absolute atomic E-state index is 11.6. The van der Waals surface area contributed by atoms with E-state index in [9.17, 15) is 4.79 Å². The van der Waals surface area contributed by atoms with E-state index in [1.54, 1.807) is 30.5 Å². The van der Waals surface area contributed by atoms with Gasteiger partial charge in [-0.2, -0.15) is 0 Å². The molecule has 7 nitrogen and oxygen atoms in total. The molecule has 1 aliphatic rings. The highest BCUT2D eigenvalue weighted by Crippen LogP contribution is 2.30. The number of carbonyl (C=O) groups is 1. The summed E-state index contributed by atoms with van der Waals surface area (Å²) in [6.07, 6.45) is 3.13. The average Bonchev–Trinajstić information content (AvgIpc) is 2.80. The lowest BCUT2D eigenvalue weighted by Crippen LogP contribution is -2.36. The molecule has 0 fully saturated rings. The van der Waals surface area contributed by atoms with Crippen LogP contribution in [0.25, 0.3) is 0 Å². The van der Waals surface area contributed by atoms with Crippen molar-refractivity contribution >= 4 is 41.1 Å². The van der Waals surface area contributed by atoms with Crippen LogP contribution in [0.5, 0.6) is 0 Å². The van der Waals surface area contributed by atoms with Crippen molar-refractivity contribution in [2.45, 2.75) is 18.9 Å². The number of nitrogens with one attached hydrogen (secondary N) is 2. The van der Waals surface area contributed by atoms with Gasteiger partial charge in [-0.15, -0.1) is 0 Å².